The maximum Gasteiger partial charge on any atom is 0.328 e. The van der Waals surface area contributed by atoms with Crippen LogP contribution in [0.3, 0.4) is 0 Å². The largest absolute Gasteiger partial charge is 0.494 e. The molecular weight excluding hydrogens is 284 g/mol. The second-order valence-corrected chi connectivity index (χ2v) is 5.35. The molecule has 2 fully saturated rings. The molecular formula is C15H20N4O3. The number of ether oxygens (including phenoxy) is 1. The van der Waals surface area contributed by atoms with E-state index in [2.05, 4.69) is 15.5 Å². The number of nitrogens with one attached hydrogen (secondary N) is 2. The quantitative estimate of drug-likeness (QED) is 0.853. The third kappa shape index (κ3) is 2.85. The summed E-state index contributed by atoms with van der Waals surface area (Å²) in [6, 6.07) is 5.42. The van der Waals surface area contributed by atoms with Crippen molar-refractivity contribution in [1.29, 1.82) is 0 Å². The molecule has 0 radical (unpaired) electrons. The van der Waals surface area contributed by atoms with Gasteiger partial charge in [0.05, 0.1) is 12.8 Å². The van der Waals surface area contributed by atoms with Crippen LogP contribution >= 0.6 is 0 Å². The average molecular weight is 304 g/mol. The van der Waals surface area contributed by atoms with Crippen molar-refractivity contribution in [1.82, 2.24) is 10.6 Å². The second-order valence-electron chi connectivity index (χ2n) is 5.35. The highest BCUT2D eigenvalue weighted by atomic mass is 16.5. The Morgan fingerprint density at radius 3 is 2.59 bits per heavy atom. The Hall–Kier alpha value is -2.28. The highest BCUT2D eigenvalue weighted by Crippen LogP contribution is 2.33. The van der Waals surface area contributed by atoms with Crippen molar-refractivity contribution in [3.8, 4) is 5.75 Å². The van der Waals surface area contributed by atoms with E-state index in [0.29, 0.717) is 24.4 Å². The molecule has 0 spiro atoms. The first-order chi connectivity index (χ1) is 10.7. The summed E-state index contributed by atoms with van der Waals surface area (Å²) >= 11 is 0. The number of imide groups is 1. The molecule has 0 saturated carbocycles. The Balaban J connectivity index is 1.85. The fourth-order valence-electron chi connectivity index (χ4n) is 2.80. The molecule has 22 heavy (non-hydrogen) atoms. The van der Waals surface area contributed by atoms with Gasteiger partial charge >= 0.3 is 6.03 Å². The molecule has 7 heteroatoms. The average Bonchev–Trinajstić information content (AvgIpc) is 2.55. The van der Waals surface area contributed by atoms with E-state index in [1.807, 2.05) is 18.2 Å². The fourth-order valence-corrected chi connectivity index (χ4v) is 2.80. The summed E-state index contributed by atoms with van der Waals surface area (Å²) in [5, 5.41) is 5.65. The van der Waals surface area contributed by atoms with Crippen molar-refractivity contribution in [2.24, 2.45) is 0 Å². The molecule has 2 saturated heterocycles. The van der Waals surface area contributed by atoms with E-state index < -0.39 is 6.03 Å². The van der Waals surface area contributed by atoms with Crippen molar-refractivity contribution < 1.29 is 14.3 Å². The summed E-state index contributed by atoms with van der Waals surface area (Å²) in [6.45, 7) is 4.18. The molecule has 0 aromatic heterocycles. The third-order valence-corrected chi connectivity index (χ3v) is 3.99. The topological polar surface area (TPSA) is 73.9 Å². The van der Waals surface area contributed by atoms with E-state index in [1.165, 1.54) is 0 Å². The van der Waals surface area contributed by atoms with E-state index in [1.54, 1.807) is 12.0 Å². The molecule has 1 aromatic rings. The Morgan fingerprint density at radius 1 is 1.14 bits per heavy atom. The van der Waals surface area contributed by atoms with E-state index >= 15 is 0 Å². The van der Waals surface area contributed by atoms with Gasteiger partial charge in [-0.1, -0.05) is 0 Å². The smallest absolute Gasteiger partial charge is 0.328 e. The zero-order valence-electron chi connectivity index (χ0n) is 12.6. The molecule has 2 aliphatic heterocycles. The van der Waals surface area contributed by atoms with Gasteiger partial charge in [-0.25, -0.2) is 4.79 Å². The maximum atomic E-state index is 12.0. The van der Waals surface area contributed by atoms with Gasteiger partial charge in [-0.3, -0.25) is 15.0 Å². The van der Waals surface area contributed by atoms with Gasteiger partial charge in [-0.05, 0) is 12.1 Å². The minimum Gasteiger partial charge on any atom is -0.494 e. The number of rotatable bonds is 3. The molecule has 2 N–H and O–H groups in total. The van der Waals surface area contributed by atoms with Gasteiger partial charge in [-0.15, -0.1) is 0 Å². The van der Waals surface area contributed by atoms with E-state index in [0.717, 1.165) is 31.9 Å². The number of hydrogen-bond acceptors (Lipinski definition) is 5. The standard InChI is InChI=1S/C15H20N4O3/c1-22-13-10-11(18-8-5-16-6-9-18)2-3-12(13)19-7-4-14(20)17-15(19)21/h2-3,10,16H,4-9H2,1H3,(H,17,20,21). The molecule has 2 aliphatic rings. The van der Waals surface area contributed by atoms with Crippen LogP contribution in [0.2, 0.25) is 0 Å². The van der Waals surface area contributed by atoms with Gasteiger partial charge in [-0.2, -0.15) is 0 Å². The van der Waals surface area contributed by atoms with Crippen LogP contribution in [0.4, 0.5) is 16.2 Å². The number of carbonyl (C=O) groups is 2. The van der Waals surface area contributed by atoms with E-state index in [4.69, 9.17) is 4.74 Å². The molecule has 7 nitrogen and oxygen atoms in total. The minimum atomic E-state index is -0.399. The van der Waals surface area contributed by atoms with Crippen molar-refractivity contribution in [2.45, 2.75) is 6.42 Å². The highest BCUT2D eigenvalue weighted by molar-refractivity contribution is 6.06. The lowest BCUT2D eigenvalue weighted by Crippen LogP contribution is -2.49. The normalized spacial score (nSPS) is 19.1. The predicted octanol–water partition coefficient (Wildman–Crippen LogP) is 0.551. The number of anilines is 2. The van der Waals surface area contributed by atoms with Gasteiger partial charge < -0.3 is 15.0 Å². The summed E-state index contributed by atoms with van der Waals surface area (Å²) in [5.41, 5.74) is 1.77. The number of nitrogens with zero attached hydrogens (tertiary/aromatic N) is 2. The van der Waals surface area contributed by atoms with Crippen molar-refractivity contribution in [3.05, 3.63) is 18.2 Å². The van der Waals surface area contributed by atoms with Crippen molar-refractivity contribution >= 4 is 23.3 Å². The molecule has 2 heterocycles. The summed E-state index contributed by atoms with van der Waals surface area (Å²) < 4.78 is 5.46. The molecule has 3 amide bonds. The number of amides is 3. The highest BCUT2D eigenvalue weighted by Gasteiger charge is 2.26. The Labute approximate surface area is 129 Å². The molecule has 1 aromatic carbocycles. The SMILES string of the molecule is COc1cc(N2CCNCC2)ccc1N1CCC(=O)NC1=O. The lowest BCUT2D eigenvalue weighted by molar-refractivity contribution is -0.120. The summed E-state index contributed by atoms with van der Waals surface area (Å²) in [5.74, 6) is 0.401. The lowest BCUT2D eigenvalue weighted by Gasteiger charge is -2.31. The molecule has 0 aliphatic carbocycles. The monoisotopic (exact) mass is 304 g/mol. The van der Waals surface area contributed by atoms with Crippen LogP contribution in [0.15, 0.2) is 18.2 Å². The molecule has 118 valence electrons. The van der Waals surface area contributed by atoms with Crippen molar-refractivity contribution in [3.63, 3.8) is 0 Å². The van der Waals surface area contributed by atoms with Gasteiger partial charge in [0.15, 0.2) is 0 Å². The Bertz CT molecular complexity index is 584. The minimum absolute atomic E-state index is 0.238. The summed E-state index contributed by atoms with van der Waals surface area (Å²) in [6.07, 6.45) is 0.300. The fraction of sp³-hybridized carbons (Fsp3) is 0.467. The van der Waals surface area contributed by atoms with Crippen LogP contribution in [-0.2, 0) is 4.79 Å². The number of benzene rings is 1. The first kappa shape index (κ1) is 14.6. The second kappa shape index (κ2) is 6.23. The number of urea groups is 1. The van der Waals surface area contributed by atoms with Crippen LogP contribution in [0, 0.1) is 0 Å². The van der Waals surface area contributed by atoms with Crippen LogP contribution < -0.4 is 25.2 Å². The van der Waals surface area contributed by atoms with Gasteiger partial charge in [0.25, 0.3) is 0 Å². The number of methoxy groups -OCH3 is 1. The van der Waals surface area contributed by atoms with Gasteiger partial charge in [0.1, 0.15) is 5.75 Å². The van der Waals surface area contributed by atoms with Crippen LogP contribution in [0.5, 0.6) is 5.75 Å². The first-order valence-electron chi connectivity index (χ1n) is 7.44. The lowest BCUT2D eigenvalue weighted by atomic mass is 10.2. The number of hydrogen-bond donors (Lipinski definition) is 2. The number of carbonyl (C=O) groups excluding carboxylic acids is 2. The Kier molecular flexibility index (Phi) is 4.15. The van der Waals surface area contributed by atoms with Gasteiger partial charge in [0.2, 0.25) is 5.91 Å². The summed E-state index contributed by atoms with van der Waals surface area (Å²) in [7, 11) is 1.59. The van der Waals surface area contributed by atoms with Gasteiger partial charge in [0, 0.05) is 50.9 Å². The van der Waals surface area contributed by atoms with E-state index in [9.17, 15) is 9.59 Å². The molecule has 0 bridgehead atoms. The summed E-state index contributed by atoms with van der Waals surface area (Å²) in [4.78, 5) is 27.1. The zero-order valence-corrected chi connectivity index (χ0v) is 12.6. The maximum absolute atomic E-state index is 12.0. The Morgan fingerprint density at radius 2 is 1.91 bits per heavy atom. The molecule has 3 rings (SSSR count). The van der Waals surface area contributed by atoms with Crippen LogP contribution in [0.1, 0.15) is 6.42 Å². The third-order valence-electron chi connectivity index (χ3n) is 3.99. The number of piperazine rings is 1. The molecule has 0 unspecified atom stereocenters. The first-order valence-corrected chi connectivity index (χ1v) is 7.44. The van der Waals surface area contributed by atoms with Crippen molar-refractivity contribution in [2.75, 3.05) is 49.6 Å². The molecule has 0 atom stereocenters. The zero-order chi connectivity index (χ0) is 15.5. The van der Waals surface area contributed by atoms with E-state index in [-0.39, 0.29) is 5.91 Å². The van der Waals surface area contributed by atoms with Crippen LogP contribution in [-0.4, -0.2) is 51.8 Å². The van der Waals surface area contributed by atoms with Crippen LogP contribution in [0.25, 0.3) is 0 Å². The predicted molar refractivity (Wildman–Crippen MR) is 83.6 cm³/mol.